The molecule has 0 bridgehead atoms. The number of aromatic nitrogens is 2. The molecule has 0 aliphatic rings. The molecule has 4 nitrogen and oxygen atoms in total. The number of hydrogen-bond acceptors (Lipinski definition) is 2. The van der Waals surface area contributed by atoms with Crippen LogP contribution in [0, 0.1) is 17.2 Å². The summed E-state index contributed by atoms with van der Waals surface area (Å²) in [6.45, 7) is 2.59. The molecule has 2 rings (SSSR count). The minimum Gasteiger partial charge on any atom is -0.305 e. The summed E-state index contributed by atoms with van der Waals surface area (Å²) in [6, 6.07) is 7.37. The Labute approximate surface area is 135 Å². The zero-order valence-electron chi connectivity index (χ0n) is 13.6. The van der Waals surface area contributed by atoms with Gasteiger partial charge in [0.25, 0.3) is 0 Å². The van der Waals surface area contributed by atoms with Gasteiger partial charge in [-0.25, -0.2) is 4.79 Å². The molecule has 2 aromatic rings. The molecule has 1 unspecified atom stereocenters. The van der Waals surface area contributed by atoms with Crippen molar-refractivity contribution in [3.63, 3.8) is 0 Å². The van der Waals surface area contributed by atoms with Crippen molar-refractivity contribution < 1.29 is 4.39 Å². The van der Waals surface area contributed by atoms with Crippen LogP contribution in [0.25, 0.3) is 11.0 Å². The molecule has 23 heavy (non-hydrogen) atoms. The highest BCUT2D eigenvalue weighted by molar-refractivity contribution is 5.76. The van der Waals surface area contributed by atoms with Crippen LogP contribution in [-0.4, -0.2) is 16.2 Å². The van der Waals surface area contributed by atoms with Crippen molar-refractivity contribution in [2.75, 3.05) is 6.67 Å². The van der Waals surface area contributed by atoms with Crippen molar-refractivity contribution in [3.05, 3.63) is 34.2 Å². The fourth-order valence-corrected chi connectivity index (χ4v) is 2.98. The fraction of sp³-hybridized carbons (Fsp3) is 0.556. The van der Waals surface area contributed by atoms with Gasteiger partial charge in [0.15, 0.2) is 0 Å². The van der Waals surface area contributed by atoms with E-state index in [-0.39, 0.29) is 12.4 Å². The summed E-state index contributed by atoms with van der Waals surface area (Å²) in [5.41, 5.74) is 1.99. The predicted octanol–water partition coefficient (Wildman–Crippen LogP) is 4.15. The van der Waals surface area contributed by atoms with Gasteiger partial charge in [-0.3, -0.25) is 8.96 Å². The Bertz CT molecular complexity index is 726. The second-order valence-electron chi connectivity index (χ2n) is 6.05. The molecule has 0 radical (unpaired) electrons. The van der Waals surface area contributed by atoms with Gasteiger partial charge >= 0.3 is 5.69 Å². The van der Waals surface area contributed by atoms with Gasteiger partial charge < -0.3 is 4.98 Å². The predicted molar refractivity (Wildman–Crippen MR) is 90.1 cm³/mol. The van der Waals surface area contributed by atoms with Gasteiger partial charge in [0, 0.05) is 6.54 Å². The van der Waals surface area contributed by atoms with E-state index in [0.29, 0.717) is 30.0 Å². The van der Waals surface area contributed by atoms with Crippen LogP contribution in [0.4, 0.5) is 4.39 Å². The lowest BCUT2D eigenvalue weighted by Gasteiger charge is -2.15. The summed E-state index contributed by atoms with van der Waals surface area (Å²) in [5, 5.41) is 8.94. The zero-order valence-corrected chi connectivity index (χ0v) is 13.6. The van der Waals surface area contributed by atoms with Gasteiger partial charge in [-0.15, -0.1) is 0 Å². The third kappa shape index (κ3) is 4.44. The molecule has 0 spiro atoms. The topological polar surface area (TPSA) is 61.6 Å². The second-order valence-corrected chi connectivity index (χ2v) is 6.05. The standard InChI is InChI=1S/C18H24FN3O/c1-2-14(7-5-3-4-6-10-19)13-22-17-9-8-15(12-20)11-16(17)21-18(22)23/h8-9,11,14H,2-7,10,13H2,1H3,(H,21,23). The van der Waals surface area contributed by atoms with E-state index in [0.717, 1.165) is 37.6 Å². The molecule has 124 valence electrons. The summed E-state index contributed by atoms with van der Waals surface area (Å²) < 4.78 is 13.9. The number of hydrogen-bond donors (Lipinski definition) is 1. The first kappa shape index (κ1) is 17.3. The number of aromatic amines is 1. The number of alkyl halides is 1. The summed E-state index contributed by atoms with van der Waals surface area (Å²) >= 11 is 0. The Hall–Kier alpha value is -2.09. The normalized spacial score (nSPS) is 12.4. The summed E-state index contributed by atoms with van der Waals surface area (Å²) in [6.07, 6.45) is 5.79. The van der Waals surface area contributed by atoms with Gasteiger partial charge in [0.2, 0.25) is 0 Å². The number of unbranched alkanes of at least 4 members (excludes halogenated alkanes) is 3. The SMILES string of the molecule is CCC(CCCCCCF)Cn1c(=O)[nH]c2cc(C#N)ccc21. The molecule has 0 aliphatic carbocycles. The largest absolute Gasteiger partial charge is 0.326 e. The smallest absolute Gasteiger partial charge is 0.305 e. The molecule has 0 saturated carbocycles. The molecule has 1 aromatic heterocycles. The second kappa shape index (κ2) is 8.52. The van der Waals surface area contributed by atoms with Gasteiger partial charge in [-0.2, -0.15) is 5.26 Å². The molecule has 5 heteroatoms. The maximum absolute atomic E-state index is 12.2. The number of rotatable bonds is 9. The Balaban J connectivity index is 2.06. The lowest BCUT2D eigenvalue weighted by molar-refractivity contribution is 0.379. The Morgan fingerprint density at radius 1 is 1.30 bits per heavy atom. The number of H-pyrrole nitrogens is 1. The Kier molecular flexibility index (Phi) is 6.40. The minimum absolute atomic E-state index is 0.119. The Morgan fingerprint density at radius 3 is 2.78 bits per heavy atom. The lowest BCUT2D eigenvalue weighted by Crippen LogP contribution is -2.21. The van der Waals surface area contributed by atoms with Crippen LogP contribution in [0.15, 0.2) is 23.0 Å². The van der Waals surface area contributed by atoms with Crippen molar-refractivity contribution in [1.29, 1.82) is 5.26 Å². The first-order valence-corrected chi connectivity index (χ1v) is 8.38. The van der Waals surface area contributed by atoms with E-state index < -0.39 is 0 Å². The van der Waals surface area contributed by atoms with Crippen LogP contribution < -0.4 is 5.69 Å². The van der Waals surface area contributed by atoms with Crippen LogP contribution in [0.1, 0.15) is 51.0 Å². The molecule has 1 aromatic carbocycles. The summed E-state index contributed by atoms with van der Waals surface area (Å²) in [7, 11) is 0. The van der Waals surface area contributed by atoms with Gasteiger partial charge in [-0.1, -0.05) is 32.6 Å². The summed E-state index contributed by atoms with van der Waals surface area (Å²) in [5.74, 6) is 0.438. The van der Waals surface area contributed by atoms with Gasteiger partial charge in [0.1, 0.15) is 0 Å². The number of halogens is 1. The number of benzene rings is 1. The monoisotopic (exact) mass is 317 g/mol. The minimum atomic E-state index is -0.230. The number of nitriles is 1. The van der Waals surface area contributed by atoms with Gasteiger partial charge in [-0.05, 0) is 37.0 Å². The molecular formula is C18H24FN3O. The van der Waals surface area contributed by atoms with E-state index in [1.807, 2.05) is 6.07 Å². The maximum atomic E-state index is 12.2. The highest BCUT2D eigenvalue weighted by Gasteiger charge is 2.13. The molecular weight excluding hydrogens is 293 g/mol. The highest BCUT2D eigenvalue weighted by atomic mass is 19.1. The van der Waals surface area contributed by atoms with Crippen LogP contribution in [0.5, 0.6) is 0 Å². The maximum Gasteiger partial charge on any atom is 0.326 e. The first-order valence-electron chi connectivity index (χ1n) is 8.38. The molecule has 1 atom stereocenters. The molecule has 0 amide bonds. The van der Waals surface area contributed by atoms with E-state index >= 15 is 0 Å². The van der Waals surface area contributed by atoms with Crippen LogP contribution in [0.3, 0.4) is 0 Å². The van der Waals surface area contributed by atoms with Crippen molar-refractivity contribution in [2.45, 2.75) is 52.0 Å². The van der Waals surface area contributed by atoms with Gasteiger partial charge in [0.05, 0.1) is 29.3 Å². The average Bonchev–Trinajstić information content (AvgIpc) is 2.87. The molecule has 0 aliphatic heterocycles. The van der Waals surface area contributed by atoms with E-state index in [1.165, 1.54) is 0 Å². The molecule has 0 fully saturated rings. The molecule has 1 N–H and O–H groups in total. The fourth-order valence-electron chi connectivity index (χ4n) is 2.98. The third-order valence-corrected chi connectivity index (χ3v) is 4.42. The van der Waals surface area contributed by atoms with E-state index in [4.69, 9.17) is 5.26 Å². The Morgan fingerprint density at radius 2 is 2.09 bits per heavy atom. The van der Waals surface area contributed by atoms with Crippen molar-refractivity contribution in [2.24, 2.45) is 5.92 Å². The molecule has 0 saturated heterocycles. The first-order chi connectivity index (χ1) is 11.2. The average molecular weight is 317 g/mol. The zero-order chi connectivity index (χ0) is 16.7. The van der Waals surface area contributed by atoms with E-state index in [1.54, 1.807) is 16.7 Å². The van der Waals surface area contributed by atoms with Crippen molar-refractivity contribution in [3.8, 4) is 6.07 Å². The number of fused-ring (bicyclic) bond motifs is 1. The number of nitrogens with zero attached hydrogens (tertiary/aromatic N) is 2. The van der Waals surface area contributed by atoms with E-state index in [2.05, 4.69) is 18.0 Å². The number of nitrogens with one attached hydrogen (secondary N) is 1. The summed E-state index contributed by atoms with van der Waals surface area (Å²) in [4.78, 5) is 15.0. The van der Waals surface area contributed by atoms with Crippen molar-refractivity contribution >= 4 is 11.0 Å². The quantitative estimate of drug-likeness (QED) is 0.706. The third-order valence-electron chi connectivity index (χ3n) is 4.42. The van der Waals surface area contributed by atoms with Crippen LogP contribution >= 0.6 is 0 Å². The molecule has 1 heterocycles. The van der Waals surface area contributed by atoms with Crippen molar-refractivity contribution in [1.82, 2.24) is 9.55 Å². The van der Waals surface area contributed by atoms with Crippen LogP contribution in [-0.2, 0) is 6.54 Å². The van der Waals surface area contributed by atoms with Crippen LogP contribution in [0.2, 0.25) is 0 Å². The number of imidazole rings is 1. The van der Waals surface area contributed by atoms with E-state index in [9.17, 15) is 9.18 Å². The lowest BCUT2D eigenvalue weighted by atomic mass is 9.98. The highest BCUT2D eigenvalue weighted by Crippen LogP contribution is 2.19.